The molecular weight excluding hydrogens is 396 g/mol. The van der Waals surface area contributed by atoms with Crippen molar-refractivity contribution in [2.45, 2.75) is 31.8 Å². The molecule has 0 aliphatic carbocycles. The summed E-state index contributed by atoms with van der Waals surface area (Å²) in [7, 11) is 1.47. The van der Waals surface area contributed by atoms with Gasteiger partial charge in [0.25, 0.3) is 0 Å². The van der Waals surface area contributed by atoms with Crippen LogP contribution in [0.5, 0.6) is 5.75 Å². The van der Waals surface area contributed by atoms with Gasteiger partial charge in [-0.2, -0.15) is 0 Å². The first-order chi connectivity index (χ1) is 14.8. The van der Waals surface area contributed by atoms with Crippen LogP contribution in [0.3, 0.4) is 0 Å². The number of carbonyl (C=O) groups excluding carboxylic acids is 3. The summed E-state index contributed by atoms with van der Waals surface area (Å²) in [4.78, 5) is 40.9. The second-order valence-electron chi connectivity index (χ2n) is 8.25. The minimum Gasteiger partial charge on any atom is -0.508 e. The first kappa shape index (κ1) is 21.1. The number of phenols is 1. The van der Waals surface area contributed by atoms with Crippen LogP contribution in [0.25, 0.3) is 0 Å². The fraction of sp³-hybridized carbons (Fsp3) is 0.375. The second kappa shape index (κ2) is 7.81. The molecule has 0 unspecified atom stereocenters. The second-order valence-corrected chi connectivity index (χ2v) is 8.25. The highest BCUT2D eigenvalue weighted by molar-refractivity contribution is 6.09. The largest absolute Gasteiger partial charge is 0.508 e. The molecule has 0 radical (unpaired) electrons. The molecule has 0 saturated carbocycles. The van der Waals surface area contributed by atoms with E-state index in [0.29, 0.717) is 0 Å². The Hall–Kier alpha value is -3.19. The fourth-order valence-electron chi connectivity index (χ4n) is 4.97. The van der Waals surface area contributed by atoms with Crippen LogP contribution < -0.4 is 5.32 Å². The monoisotopic (exact) mass is 422 g/mol. The molecule has 31 heavy (non-hydrogen) atoms. The van der Waals surface area contributed by atoms with Crippen molar-refractivity contribution in [2.75, 3.05) is 13.7 Å². The van der Waals surface area contributed by atoms with Gasteiger partial charge in [0.15, 0.2) is 0 Å². The van der Waals surface area contributed by atoms with Gasteiger partial charge in [-0.25, -0.2) is 0 Å². The van der Waals surface area contributed by atoms with Gasteiger partial charge in [-0.15, -0.1) is 0 Å². The number of carbonyl (C=O) groups is 3. The summed E-state index contributed by atoms with van der Waals surface area (Å²) in [6, 6.07) is 13.6. The Kier molecular flexibility index (Phi) is 5.31. The van der Waals surface area contributed by atoms with Gasteiger partial charge in [0.2, 0.25) is 11.8 Å². The van der Waals surface area contributed by atoms with Gasteiger partial charge in [0.1, 0.15) is 11.3 Å². The zero-order chi connectivity index (χ0) is 22.3. The average molecular weight is 422 g/mol. The quantitative estimate of drug-likeness (QED) is 0.566. The van der Waals surface area contributed by atoms with Crippen LogP contribution in [0.1, 0.15) is 29.7 Å². The van der Waals surface area contributed by atoms with Gasteiger partial charge in [-0.3, -0.25) is 24.6 Å². The zero-order valence-corrected chi connectivity index (χ0v) is 17.8. The van der Waals surface area contributed by atoms with Crippen LogP contribution in [0.4, 0.5) is 0 Å². The van der Waals surface area contributed by atoms with E-state index in [1.165, 1.54) is 19.2 Å². The van der Waals surface area contributed by atoms with Gasteiger partial charge < -0.3 is 9.84 Å². The van der Waals surface area contributed by atoms with Crippen LogP contribution in [0, 0.1) is 18.8 Å². The van der Waals surface area contributed by atoms with Crippen LogP contribution in [-0.2, 0) is 25.5 Å². The van der Waals surface area contributed by atoms with E-state index in [1.54, 1.807) is 19.1 Å². The van der Waals surface area contributed by atoms with E-state index >= 15 is 0 Å². The molecule has 7 nitrogen and oxygen atoms in total. The number of ether oxygens (including phenoxy) is 1. The molecular formula is C24H26N2O5. The number of fused-ring (bicyclic) bond motifs is 1. The van der Waals surface area contributed by atoms with Crippen molar-refractivity contribution < 1.29 is 24.2 Å². The number of rotatable bonds is 5. The average Bonchev–Trinajstić information content (AvgIpc) is 3.20. The molecule has 162 valence electrons. The van der Waals surface area contributed by atoms with Crippen LogP contribution >= 0.6 is 0 Å². The Morgan fingerprint density at radius 2 is 1.81 bits per heavy atom. The third kappa shape index (κ3) is 3.29. The first-order valence-electron chi connectivity index (χ1n) is 10.4. The van der Waals surface area contributed by atoms with Crippen LogP contribution in [-0.4, -0.2) is 47.0 Å². The maximum atomic E-state index is 13.4. The minimum absolute atomic E-state index is 0.107. The Morgan fingerprint density at radius 1 is 1.13 bits per heavy atom. The lowest BCUT2D eigenvalue weighted by atomic mass is 9.76. The third-order valence-corrected chi connectivity index (χ3v) is 6.46. The van der Waals surface area contributed by atoms with E-state index in [4.69, 9.17) is 4.74 Å². The van der Waals surface area contributed by atoms with Crippen molar-refractivity contribution in [1.82, 2.24) is 10.2 Å². The Balaban J connectivity index is 1.87. The number of hydrogen-bond acceptors (Lipinski definition) is 6. The van der Waals surface area contributed by atoms with Gasteiger partial charge in [-0.1, -0.05) is 36.4 Å². The van der Waals surface area contributed by atoms with E-state index in [9.17, 15) is 19.5 Å². The van der Waals surface area contributed by atoms with E-state index in [0.717, 1.165) is 21.6 Å². The highest BCUT2D eigenvalue weighted by atomic mass is 16.5. The highest BCUT2D eigenvalue weighted by Crippen LogP contribution is 2.50. The molecule has 2 amide bonds. The number of hydrogen-bond donors (Lipinski definition) is 2. The van der Waals surface area contributed by atoms with Crippen molar-refractivity contribution in [3.63, 3.8) is 0 Å². The summed E-state index contributed by atoms with van der Waals surface area (Å²) in [6.45, 7) is 3.81. The lowest BCUT2D eigenvalue weighted by molar-refractivity contribution is -0.156. The van der Waals surface area contributed by atoms with Gasteiger partial charge in [0, 0.05) is 19.5 Å². The van der Waals surface area contributed by atoms with Crippen LogP contribution in [0.2, 0.25) is 0 Å². The molecule has 4 atom stereocenters. The third-order valence-electron chi connectivity index (χ3n) is 6.46. The Labute approximate surface area is 181 Å². The number of phenolic OH excluding ortho intramolecular Hbond substituents is 1. The normalized spacial score (nSPS) is 27.5. The number of aryl methyl sites for hydroxylation is 1. The molecule has 0 bridgehead atoms. The molecule has 2 aromatic carbocycles. The highest BCUT2D eigenvalue weighted by Gasteiger charge is 2.68. The van der Waals surface area contributed by atoms with Gasteiger partial charge in [-0.05, 0) is 42.7 Å². The van der Waals surface area contributed by atoms with E-state index in [1.807, 2.05) is 31.2 Å². The van der Waals surface area contributed by atoms with Crippen molar-refractivity contribution >= 4 is 17.8 Å². The molecule has 2 aromatic rings. The molecule has 2 fully saturated rings. The summed E-state index contributed by atoms with van der Waals surface area (Å²) in [5, 5.41) is 13.0. The summed E-state index contributed by atoms with van der Waals surface area (Å²) in [5.74, 6) is -2.72. The molecule has 2 aliphatic rings. The number of nitrogens with zero attached hydrogens (tertiary/aromatic N) is 1. The summed E-state index contributed by atoms with van der Waals surface area (Å²) < 4.78 is 5.43. The number of esters is 1. The molecule has 4 rings (SSSR count). The molecule has 0 spiro atoms. The minimum atomic E-state index is -1.40. The number of likely N-dealkylation sites (tertiary alicyclic amines) is 1. The molecule has 2 heterocycles. The molecule has 2 aliphatic heterocycles. The van der Waals surface area contributed by atoms with Crippen molar-refractivity contribution in [3.8, 4) is 5.75 Å². The number of amides is 2. The van der Waals surface area contributed by atoms with Gasteiger partial charge >= 0.3 is 5.97 Å². The van der Waals surface area contributed by atoms with E-state index in [-0.39, 0.29) is 30.6 Å². The van der Waals surface area contributed by atoms with Crippen molar-refractivity contribution in [1.29, 1.82) is 0 Å². The molecule has 0 aromatic heterocycles. The smallest absolute Gasteiger partial charge is 0.327 e. The predicted octanol–water partition coefficient (Wildman–Crippen LogP) is 2.12. The first-order valence-corrected chi connectivity index (χ1v) is 10.4. The Bertz CT molecular complexity index is 1030. The predicted molar refractivity (Wildman–Crippen MR) is 113 cm³/mol. The van der Waals surface area contributed by atoms with Crippen molar-refractivity contribution in [2.24, 2.45) is 11.8 Å². The molecule has 2 N–H and O–H groups in total. The number of aromatic hydroxyl groups is 1. The fourth-order valence-corrected chi connectivity index (χ4v) is 4.97. The maximum Gasteiger partial charge on any atom is 0.327 e. The number of imide groups is 1. The summed E-state index contributed by atoms with van der Waals surface area (Å²) in [6.07, 6.45) is 0.155. The van der Waals surface area contributed by atoms with Crippen molar-refractivity contribution in [3.05, 3.63) is 65.2 Å². The maximum absolute atomic E-state index is 13.4. The molecule has 2 saturated heterocycles. The SMILES string of the molecule is CCOC(=O)[C@]1(Cc2ccc(O)cc2)N[C@H](c2ccccc2C)[C@H]2C(=O)N(C)C(=O)[C@@H]21. The van der Waals surface area contributed by atoms with Gasteiger partial charge in [0.05, 0.1) is 18.4 Å². The number of benzene rings is 2. The van der Waals surface area contributed by atoms with E-state index < -0.39 is 29.4 Å². The molecule has 7 heteroatoms. The summed E-state index contributed by atoms with van der Waals surface area (Å²) in [5.41, 5.74) is 1.20. The topological polar surface area (TPSA) is 95.9 Å². The zero-order valence-electron chi connectivity index (χ0n) is 17.8. The Morgan fingerprint density at radius 3 is 2.45 bits per heavy atom. The van der Waals surface area contributed by atoms with Crippen LogP contribution in [0.15, 0.2) is 48.5 Å². The lowest BCUT2D eigenvalue weighted by Gasteiger charge is -2.33. The van der Waals surface area contributed by atoms with E-state index in [2.05, 4.69) is 5.32 Å². The standard InChI is InChI=1S/C24H26N2O5/c1-4-31-23(30)24(13-15-9-11-16(27)12-10-15)19-18(21(28)26(3)22(19)29)20(25-24)17-8-6-5-7-14(17)2/h5-12,18-20,25,27H,4,13H2,1-3H3/t18-,19+,20+,24+/m0/s1. The number of nitrogens with one attached hydrogen (secondary N) is 1. The lowest BCUT2D eigenvalue weighted by Crippen LogP contribution is -2.57. The summed E-state index contributed by atoms with van der Waals surface area (Å²) >= 11 is 0.